The lowest BCUT2D eigenvalue weighted by molar-refractivity contribution is -0.0877. The van der Waals surface area contributed by atoms with E-state index in [0.29, 0.717) is 5.41 Å². The summed E-state index contributed by atoms with van der Waals surface area (Å²) in [6.07, 6.45) is 7.43. The monoisotopic (exact) mass is 297 g/mol. The maximum Gasteiger partial charge on any atom is 0.0806 e. The van der Waals surface area contributed by atoms with Gasteiger partial charge >= 0.3 is 0 Å². The lowest BCUT2D eigenvalue weighted by Gasteiger charge is -2.45. The highest BCUT2D eigenvalue weighted by atomic mass is 16.5. The van der Waals surface area contributed by atoms with Gasteiger partial charge in [0.2, 0.25) is 0 Å². The maximum atomic E-state index is 6.40. The molecule has 0 heterocycles. The Morgan fingerprint density at radius 3 is 2.05 bits per heavy atom. The van der Waals surface area contributed by atoms with E-state index in [1.807, 2.05) is 0 Å². The molecule has 21 heavy (non-hydrogen) atoms. The third-order valence-electron chi connectivity index (χ3n) is 4.97. The van der Waals surface area contributed by atoms with Crippen molar-refractivity contribution in [2.45, 2.75) is 98.1 Å². The van der Waals surface area contributed by atoms with Crippen LogP contribution in [-0.2, 0) is 4.74 Å². The van der Waals surface area contributed by atoms with E-state index in [-0.39, 0.29) is 11.1 Å². The van der Waals surface area contributed by atoms with E-state index in [2.05, 4.69) is 53.8 Å². The van der Waals surface area contributed by atoms with Crippen LogP contribution in [0.15, 0.2) is 0 Å². The fourth-order valence-corrected chi connectivity index (χ4v) is 3.24. The number of rotatable bonds is 6. The third-order valence-corrected chi connectivity index (χ3v) is 4.97. The number of ether oxygens (including phenoxy) is 1. The lowest BCUT2D eigenvalue weighted by Crippen LogP contribution is -2.51. The highest BCUT2D eigenvalue weighted by molar-refractivity contribution is 4.93. The summed E-state index contributed by atoms with van der Waals surface area (Å²) >= 11 is 0. The summed E-state index contributed by atoms with van der Waals surface area (Å²) in [5.74, 6) is 0.843. The lowest BCUT2D eigenvalue weighted by atomic mass is 9.68. The molecule has 1 aliphatic carbocycles. The molecule has 0 aliphatic heterocycles. The van der Waals surface area contributed by atoms with E-state index in [4.69, 9.17) is 4.74 Å². The van der Waals surface area contributed by atoms with E-state index in [1.54, 1.807) is 0 Å². The van der Waals surface area contributed by atoms with Crippen molar-refractivity contribution >= 4 is 0 Å². The Hall–Kier alpha value is -0.0800. The second kappa shape index (κ2) is 7.46. The van der Waals surface area contributed by atoms with Gasteiger partial charge in [0.25, 0.3) is 0 Å². The second-order valence-corrected chi connectivity index (χ2v) is 9.13. The summed E-state index contributed by atoms with van der Waals surface area (Å²) in [5, 5.41) is 3.69. The summed E-state index contributed by atoms with van der Waals surface area (Å²) < 4.78 is 6.40. The summed E-state index contributed by atoms with van der Waals surface area (Å²) in [7, 11) is 0. The van der Waals surface area contributed by atoms with E-state index in [0.717, 1.165) is 19.1 Å². The molecule has 0 radical (unpaired) electrons. The minimum absolute atomic E-state index is 0.0736. The van der Waals surface area contributed by atoms with Crippen LogP contribution in [0, 0.1) is 11.3 Å². The average molecular weight is 298 g/mol. The molecule has 0 aromatic rings. The van der Waals surface area contributed by atoms with Gasteiger partial charge in [-0.25, -0.2) is 0 Å². The molecule has 1 fully saturated rings. The van der Waals surface area contributed by atoms with Gasteiger partial charge < -0.3 is 10.1 Å². The Balaban J connectivity index is 2.62. The van der Waals surface area contributed by atoms with E-state index >= 15 is 0 Å². The zero-order valence-electron chi connectivity index (χ0n) is 15.6. The average Bonchev–Trinajstić information content (AvgIpc) is 2.36. The van der Waals surface area contributed by atoms with Gasteiger partial charge in [0.1, 0.15) is 0 Å². The number of hydrogen-bond donors (Lipinski definition) is 1. The molecule has 0 amide bonds. The van der Waals surface area contributed by atoms with Crippen molar-refractivity contribution in [3.8, 4) is 0 Å². The molecule has 0 atom stereocenters. The summed E-state index contributed by atoms with van der Waals surface area (Å²) in [6.45, 7) is 18.0. The fraction of sp³-hybridized carbons (Fsp3) is 1.00. The Morgan fingerprint density at radius 1 is 1.05 bits per heavy atom. The van der Waals surface area contributed by atoms with Crippen LogP contribution in [0.25, 0.3) is 0 Å². The quantitative estimate of drug-likeness (QED) is 0.683. The van der Waals surface area contributed by atoms with Crippen molar-refractivity contribution < 1.29 is 4.74 Å². The third kappa shape index (κ3) is 6.69. The van der Waals surface area contributed by atoms with Gasteiger partial charge in [-0.05, 0) is 64.2 Å². The smallest absolute Gasteiger partial charge is 0.0806 e. The summed E-state index contributed by atoms with van der Waals surface area (Å²) in [4.78, 5) is 0. The SMILES string of the molecule is CCCCOC1(CNC(C)(C)C)CCC(C(C)(C)C)CC1. The first kappa shape index (κ1) is 19.0. The fourth-order valence-electron chi connectivity index (χ4n) is 3.24. The molecule has 0 saturated heterocycles. The topological polar surface area (TPSA) is 21.3 Å². The van der Waals surface area contributed by atoms with E-state index in [9.17, 15) is 0 Å². The number of hydrogen-bond acceptors (Lipinski definition) is 2. The molecule has 126 valence electrons. The molecule has 1 rings (SSSR count). The molecule has 0 unspecified atom stereocenters. The summed E-state index contributed by atoms with van der Waals surface area (Å²) in [5.41, 5.74) is 0.680. The highest BCUT2D eigenvalue weighted by Crippen LogP contribution is 2.42. The molecular formula is C19H39NO. The zero-order chi connectivity index (χ0) is 16.1. The molecular weight excluding hydrogens is 258 g/mol. The normalized spacial score (nSPS) is 27.9. The van der Waals surface area contributed by atoms with Gasteiger partial charge in [-0.1, -0.05) is 34.1 Å². The maximum absolute atomic E-state index is 6.40. The van der Waals surface area contributed by atoms with Crippen molar-refractivity contribution in [2.24, 2.45) is 11.3 Å². The van der Waals surface area contributed by atoms with Crippen LogP contribution in [0.1, 0.15) is 87.0 Å². The van der Waals surface area contributed by atoms with Gasteiger partial charge in [0.15, 0.2) is 0 Å². The van der Waals surface area contributed by atoms with Gasteiger partial charge in [0, 0.05) is 18.7 Å². The van der Waals surface area contributed by atoms with Crippen molar-refractivity contribution in [1.29, 1.82) is 0 Å². The predicted molar refractivity (Wildman–Crippen MR) is 92.8 cm³/mol. The van der Waals surface area contributed by atoms with Crippen LogP contribution in [0.2, 0.25) is 0 Å². The van der Waals surface area contributed by atoms with Gasteiger partial charge in [-0.3, -0.25) is 0 Å². The first-order valence-corrected chi connectivity index (χ1v) is 8.97. The molecule has 0 bridgehead atoms. The van der Waals surface area contributed by atoms with Crippen LogP contribution in [-0.4, -0.2) is 24.3 Å². The van der Waals surface area contributed by atoms with Gasteiger partial charge in [-0.15, -0.1) is 0 Å². The Kier molecular flexibility index (Phi) is 6.74. The Bertz CT molecular complexity index is 290. The van der Waals surface area contributed by atoms with Crippen LogP contribution in [0.4, 0.5) is 0 Å². The van der Waals surface area contributed by atoms with Crippen LogP contribution in [0.5, 0.6) is 0 Å². The van der Waals surface area contributed by atoms with Crippen LogP contribution in [0.3, 0.4) is 0 Å². The van der Waals surface area contributed by atoms with Gasteiger partial charge in [-0.2, -0.15) is 0 Å². The molecule has 0 aromatic carbocycles. The van der Waals surface area contributed by atoms with Crippen molar-refractivity contribution in [3.05, 3.63) is 0 Å². The minimum atomic E-state index is 0.0736. The Labute approximate surface area is 133 Å². The van der Waals surface area contributed by atoms with Crippen LogP contribution >= 0.6 is 0 Å². The van der Waals surface area contributed by atoms with Crippen molar-refractivity contribution in [3.63, 3.8) is 0 Å². The molecule has 0 aromatic heterocycles. The Morgan fingerprint density at radius 2 is 1.62 bits per heavy atom. The largest absolute Gasteiger partial charge is 0.374 e. The first-order valence-electron chi connectivity index (χ1n) is 8.97. The van der Waals surface area contributed by atoms with Gasteiger partial charge in [0.05, 0.1) is 5.60 Å². The molecule has 1 saturated carbocycles. The first-order chi connectivity index (χ1) is 9.58. The molecule has 2 heteroatoms. The second-order valence-electron chi connectivity index (χ2n) is 9.13. The number of nitrogens with one attached hydrogen (secondary N) is 1. The minimum Gasteiger partial charge on any atom is -0.374 e. The summed E-state index contributed by atoms with van der Waals surface area (Å²) in [6, 6.07) is 0. The highest BCUT2D eigenvalue weighted by Gasteiger charge is 2.39. The van der Waals surface area contributed by atoms with Crippen molar-refractivity contribution in [2.75, 3.05) is 13.2 Å². The predicted octanol–water partition coefficient (Wildman–Crippen LogP) is 5.17. The zero-order valence-corrected chi connectivity index (χ0v) is 15.6. The molecule has 2 nitrogen and oxygen atoms in total. The molecule has 1 aliphatic rings. The van der Waals surface area contributed by atoms with E-state index in [1.165, 1.54) is 38.5 Å². The van der Waals surface area contributed by atoms with Crippen LogP contribution < -0.4 is 5.32 Å². The molecule has 1 N–H and O–H groups in total. The van der Waals surface area contributed by atoms with E-state index < -0.39 is 0 Å². The molecule has 0 spiro atoms. The standard InChI is InChI=1S/C19H39NO/c1-8-9-14-21-19(15-20-18(5,6)7)12-10-16(11-13-19)17(2,3)4/h16,20H,8-15H2,1-7H3. The number of unbranched alkanes of at least 4 members (excludes halogenated alkanes) is 1. The van der Waals surface area contributed by atoms with Crippen molar-refractivity contribution in [1.82, 2.24) is 5.32 Å².